The molecule has 0 radical (unpaired) electrons. The van der Waals surface area contributed by atoms with E-state index in [1.807, 2.05) is 0 Å². The highest BCUT2D eigenvalue weighted by molar-refractivity contribution is 5.38. The Labute approximate surface area is 106 Å². The van der Waals surface area contributed by atoms with Crippen molar-refractivity contribution in [3.8, 4) is 0 Å². The van der Waals surface area contributed by atoms with E-state index in [-0.39, 0.29) is 5.41 Å². The maximum absolute atomic E-state index is 6.01. The second kappa shape index (κ2) is 5.68. The number of aryl methyl sites for hydroxylation is 3. The Balaban J connectivity index is 3.09. The van der Waals surface area contributed by atoms with Crippen molar-refractivity contribution in [2.75, 3.05) is 6.54 Å². The quantitative estimate of drug-likeness (QED) is 0.819. The molecule has 0 heterocycles. The predicted octanol–water partition coefficient (Wildman–Crippen LogP) is 3.92. The zero-order valence-electron chi connectivity index (χ0n) is 12.1. The second-order valence-corrected chi connectivity index (χ2v) is 5.47. The molecular weight excluding hydrogens is 206 g/mol. The highest BCUT2D eigenvalue weighted by Crippen LogP contribution is 2.32. The molecule has 0 aliphatic carbocycles. The minimum Gasteiger partial charge on any atom is -0.330 e. The van der Waals surface area contributed by atoms with Gasteiger partial charge in [0.15, 0.2) is 0 Å². The van der Waals surface area contributed by atoms with E-state index in [4.69, 9.17) is 5.73 Å². The van der Waals surface area contributed by atoms with Crippen LogP contribution in [-0.2, 0) is 6.42 Å². The van der Waals surface area contributed by atoms with Gasteiger partial charge in [-0.1, -0.05) is 31.5 Å². The summed E-state index contributed by atoms with van der Waals surface area (Å²) in [5, 5.41) is 0. The molecule has 0 fully saturated rings. The smallest absolute Gasteiger partial charge is 0.00175 e. The third kappa shape index (κ3) is 3.10. The molecule has 17 heavy (non-hydrogen) atoms. The molecule has 0 atom stereocenters. The van der Waals surface area contributed by atoms with Crippen LogP contribution in [0.5, 0.6) is 0 Å². The fraction of sp³-hybridized carbons (Fsp3) is 0.625. The lowest BCUT2D eigenvalue weighted by atomic mass is 9.75. The van der Waals surface area contributed by atoms with Crippen LogP contribution in [0, 0.1) is 26.2 Å². The molecule has 1 aromatic carbocycles. The normalized spacial score (nSPS) is 11.9. The number of nitrogens with two attached hydrogens (primary N) is 1. The third-order valence-electron chi connectivity index (χ3n) is 4.33. The lowest BCUT2D eigenvalue weighted by molar-refractivity contribution is 0.270. The molecule has 0 bridgehead atoms. The van der Waals surface area contributed by atoms with Crippen LogP contribution in [-0.4, -0.2) is 6.54 Å². The molecule has 0 aliphatic rings. The summed E-state index contributed by atoms with van der Waals surface area (Å²) in [4.78, 5) is 0. The molecule has 0 unspecified atom stereocenters. The van der Waals surface area contributed by atoms with Gasteiger partial charge in [-0.2, -0.15) is 0 Å². The molecular formula is C16H27N. The van der Waals surface area contributed by atoms with Gasteiger partial charge in [-0.15, -0.1) is 0 Å². The first-order valence-electron chi connectivity index (χ1n) is 6.74. The summed E-state index contributed by atoms with van der Waals surface area (Å²) < 4.78 is 0. The van der Waals surface area contributed by atoms with Gasteiger partial charge >= 0.3 is 0 Å². The standard InChI is InChI=1S/C16H27N/c1-6-16(7-2,11-17)10-15-13(4)8-12(3)9-14(15)5/h8-9H,6-7,10-11,17H2,1-5H3. The summed E-state index contributed by atoms with van der Waals surface area (Å²) >= 11 is 0. The maximum Gasteiger partial charge on any atom is -0.00175 e. The van der Waals surface area contributed by atoms with Gasteiger partial charge in [-0.25, -0.2) is 0 Å². The Morgan fingerprint density at radius 3 is 1.82 bits per heavy atom. The van der Waals surface area contributed by atoms with Gasteiger partial charge in [0.2, 0.25) is 0 Å². The SMILES string of the molecule is CCC(CC)(CN)Cc1c(C)cc(C)cc1C. The van der Waals surface area contributed by atoms with Gasteiger partial charge in [-0.3, -0.25) is 0 Å². The van der Waals surface area contributed by atoms with Crippen molar-refractivity contribution in [1.29, 1.82) is 0 Å². The van der Waals surface area contributed by atoms with Gasteiger partial charge in [0, 0.05) is 0 Å². The van der Waals surface area contributed by atoms with Crippen molar-refractivity contribution in [2.45, 2.75) is 53.9 Å². The average molecular weight is 233 g/mol. The molecule has 1 nitrogen and oxygen atoms in total. The fourth-order valence-electron chi connectivity index (χ4n) is 2.72. The van der Waals surface area contributed by atoms with Gasteiger partial charge in [-0.05, 0) is 68.7 Å². The van der Waals surface area contributed by atoms with Crippen LogP contribution in [0.3, 0.4) is 0 Å². The first-order chi connectivity index (χ1) is 7.98. The summed E-state index contributed by atoms with van der Waals surface area (Å²) in [6, 6.07) is 4.57. The van der Waals surface area contributed by atoms with Crippen molar-refractivity contribution in [1.82, 2.24) is 0 Å². The van der Waals surface area contributed by atoms with Crippen LogP contribution >= 0.6 is 0 Å². The maximum atomic E-state index is 6.01. The van der Waals surface area contributed by atoms with E-state index < -0.39 is 0 Å². The van der Waals surface area contributed by atoms with E-state index in [1.165, 1.54) is 22.3 Å². The molecule has 0 spiro atoms. The number of hydrogen-bond donors (Lipinski definition) is 1. The molecule has 0 aromatic heterocycles. The number of rotatable bonds is 5. The summed E-state index contributed by atoms with van der Waals surface area (Å²) in [7, 11) is 0. The van der Waals surface area contributed by atoms with E-state index in [9.17, 15) is 0 Å². The van der Waals surface area contributed by atoms with Gasteiger partial charge < -0.3 is 5.73 Å². The molecule has 0 saturated heterocycles. The zero-order chi connectivity index (χ0) is 13.1. The van der Waals surface area contributed by atoms with Crippen molar-refractivity contribution in [2.24, 2.45) is 11.1 Å². The highest BCUT2D eigenvalue weighted by Gasteiger charge is 2.26. The minimum atomic E-state index is 0.283. The number of hydrogen-bond acceptors (Lipinski definition) is 1. The highest BCUT2D eigenvalue weighted by atomic mass is 14.6. The van der Waals surface area contributed by atoms with Crippen LogP contribution in [0.1, 0.15) is 48.9 Å². The molecule has 0 amide bonds. The average Bonchev–Trinajstić information content (AvgIpc) is 2.29. The van der Waals surface area contributed by atoms with E-state index >= 15 is 0 Å². The largest absolute Gasteiger partial charge is 0.330 e. The molecule has 1 heteroatoms. The first kappa shape index (κ1) is 14.2. The molecule has 1 aromatic rings. The second-order valence-electron chi connectivity index (χ2n) is 5.47. The summed E-state index contributed by atoms with van der Waals surface area (Å²) in [6.07, 6.45) is 3.44. The minimum absolute atomic E-state index is 0.283. The Morgan fingerprint density at radius 2 is 1.47 bits per heavy atom. The monoisotopic (exact) mass is 233 g/mol. The van der Waals surface area contributed by atoms with E-state index in [0.29, 0.717) is 0 Å². The van der Waals surface area contributed by atoms with Crippen molar-refractivity contribution in [3.05, 3.63) is 34.4 Å². The first-order valence-corrected chi connectivity index (χ1v) is 6.74. The molecule has 2 N–H and O–H groups in total. The topological polar surface area (TPSA) is 26.0 Å². The van der Waals surface area contributed by atoms with Crippen molar-refractivity contribution < 1.29 is 0 Å². The van der Waals surface area contributed by atoms with Crippen molar-refractivity contribution >= 4 is 0 Å². The zero-order valence-corrected chi connectivity index (χ0v) is 12.1. The Hall–Kier alpha value is -0.820. The Morgan fingerprint density at radius 1 is 1.00 bits per heavy atom. The Bertz CT molecular complexity index is 344. The van der Waals surface area contributed by atoms with Crippen LogP contribution in [0.4, 0.5) is 0 Å². The molecule has 1 rings (SSSR count). The van der Waals surface area contributed by atoms with E-state index in [1.54, 1.807) is 0 Å². The molecule has 0 aliphatic heterocycles. The number of benzene rings is 1. The molecule has 0 saturated carbocycles. The predicted molar refractivity (Wildman–Crippen MR) is 76.4 cm³/mol. The summed E-state index contributed by atoms with van der Waals surface area (Å²) in [5.74, 6) is 0. The summed E-state index contributed by atoms with van der Waals surface area (Å²) in [5.41, 5.74) is 12.0. The van der Waals surface area contributed by atoms with E-state index in [0.717, 1.165) is 25.8 Å². The lowest BCUT2D eigenvalue weighted by Crippen LogP contribution is -2.32. The fourth-order valence-corrected chi connectivity index (χ4v) is 2.72. The molecule has 96 valence electrons. The Kier molecular flexibility index (Phi) is 4.76. The van der Waals surface area contributed by atoms with Crippen LogP contribution in [0.2, 0.25) is 0 Å². The van der Waals surface area contributed by atoms with Crippen LogP contribution in [0.15, 0.2) is 12.1 Å². The summed E-state index contributed by atoms with van der Waals surface area (Å²) in [6.45, 7) is 11.9. The van der Waals surface area contributed by atoms with Crippen LogP contribution in [0.25, 0.3) is 0 Å². The lowest BCUT2D eigenvalue weighted by Gasteiger charge is -2.31. The van der Waals surface area contributed by atoms with Gasteiger partial charge in [0.1, 0.15) is 0 Å². The van der Waals surface area contributed by atoms with Gasteiger partial charge in [0.25, 0.3) is 0 Å². The van der Waals surface area contributed by atoms with Gasteiger partial charge in [0.05, 0.1) is 0 Å². The van der Waals surface area contributed by atoms with E-state index in [2.05, 4.69) is 46.8 Å². The van der Waals surface area contributed by atoms with Crippen molar-refractivity contribution in [3.63, 3.8) is 0 Å². The third-order valence-corrected chi connectivity index (χ3v) is 4.33. The van der Waals surface area contributed by atoms with Crippen LogP contribution < -0.4 is 5.73 Å².